The van der Waals surface area contributed by atoms with Crippen LogP contribution in [0.15, 0.2) is 42.6 Å². The lowest BCUT2D eigenvalue weighted by atomic mass is 9.76. The molecule has 0 spiro atoms. The van der Waals surface area contributed by atoms with E-state index in [1.165, 1.54) is 19.2 Å². The number of alkyl halides is 3. The minimum atomic E-state index is -4.73. The minimum Gasteiger partial charge on any atom is -0.493 e. The second-order valence-electron chi connectivity index (χ2n) is 8.72. The molecule has 4 rings (SSSR count). The molecule has 13 heteroatoms. The molecule has 8 nitrogen and oxygen atoms in total. The van der Waals surface area contributed by atoms with Crippen molar-refractivity contribution in [1.82, 2.24) is 9.88 Å². The molecule has 2 unspecified atom stereocenters. The number of rotatable bonds is 7. The van der Waals surface area contributed by atoms with Gasteiger partial charge in [-0.2, -0.15) is 0 Å². The first-order valence-corrected chi connectivity index (χ1v) is 11.1. The molecule has 35 heavy (non-hydrogen) atoms. The van der Waals surface area contributed by atoms with Crippen molar-refractivity contribution in [2.75, 3.05) is 33.4 Å². The third-order valence-corrected chi connectivity index (χ3v) is 5.92. The maximum atomic E-state index is 13.3. The second kappa shape index (κ2) is 9.71. The molecule has 2 saturated heterocycles. The standard InChI is InChI=1S/C22H25B2F3N2O6/c1-31-16-12-14(5-6-15(16)32-10-11-33-22(25,26)27)19(30)29-9-7-20(17-4-2-3-8-28-17)18(13-29)34-21(23,24)35-20/h2-6,8,12,18H,7,9-11,13,23-24H2,1H3. The number of ether oxygens (including phenoxy) is 5. The Balaban J connectivity index is 1.46. The maximum Gasteiger partial charge on any atom is 0.522 e. The lowest BCUT2D eigenvalue weighted by molar-refractivity contribution is -0.325. The van der Waals surface area contributed by atoms with Gasteiger partial charge < -0.3 is 23.8 Å². The van der Waals surface area contributed by atoms with Crippen LogP contribution in [0.25, 0.3) is 0 Å². The summed E-state index contributed by atoms with van der Waals surface area (Å²) in [6.45, 7) is -0.284. The molecule has 2 aromatic rings. The van der Waals surface area contributed by atoms with Crippen molar-refractivity contribution in [1.29, 1.82) is 0 Å². The number of nitrogens with zero attached hydrogens (tertiary/aromatic N) is 2. The highest BCUT2D eigenvalue weighted by atomic mass is 19.4. The SMILES string of the molecule is BC1(B)OC2CN(C(=O)c3ccc(OCCOC(F)(F)F)c(OC)c3)CCC2(c2ccccn2)O1. The number of halogens is 3. The number of hydrogen-bond acceptors (Lipinski definition) is 7. The molecule has 0 aliphatic carbocycles. The number of aromatic nitrogens is 1. The van der Waals surface area contributed by atoms with Crippen molar-refractivity contribution in [3.05, 3.63) is 53.9 Å². The van der Waals surface area contributed by atoms with E-state index in [9.17, 15) is 18.0 Å². The number of amides is 1. The van der Waals surface area contributed by atoms with Crippen LogP contribution in [0.2, 0.25) is 0 Å². The number of hydrogen-bond donors (Lipinski definition) is 0. The zero-order valence-electron chi connectivity index (χ0n) is 19.6. The van der Waals surface area contributed by atoms with Crippen LogP contribution >= 0.6 is 0 Å². The van der Waals surface area contributed by atoms with Crippen molar-refractivity contribution in [2.45, 2.75) is 30.1 Å². The summed E-state index contributed by atoms with van der Waals surface area (Å²) in [5.74, 6) is 0.194. The lowest BCUT2D eigenvalue weighted by Crippen LogP contribution is -2.53. The maximum absolute atomic E-state index is 13.3. The highest BCUT2D eigenvalue weighted by molar-refractivity contribution is 6.38. The quantitative estimate of drug-likeness (QED) is 0.423. The van der Waals surface area contributed by atoms with Crippen molar-refractivity contribution < 1.29 is 41.7 Å². The summed E-state index contributed by atoms with van der Waals surface area (Å²) in [6, 6.07) is 10.2. The van der Waals surface area contributed by atoms with E-state index in [0.29, 0.717) is 25.1 Å². The number of carbonyl (C=O) groups is 1. The monoisotopic (exact) mass is 492 g/mol. The summed E-state index contributed by atoms with van der Waals surface area (Å²) in [6.07, 6.45) is -2.93. The topological polar surface area (TPSA) is 79.4 Å². The van der Waals surface area contributed by atoms with Gasteiger partial charge in [0.25, 0.3) is 5.91 Å². The normalized spacial score (nSPS) is 23.5. The third-order valence-electron chi connectivity index (χ3n) is 5.92. The highest BCUT2D eigenvalue weighted by Gasteiger charge is 2.57. The molecule has 0 N–H and O–H groups in total. The number of carbonyl (C=O) groups excluding carboxylic acids is 1. The minimum absolute atomic E-state index is 0.205. The number of benzene rings is 1. The highest BCUT2D eigenvalue weighted by Crippen LogP contribution is 2.46. The Labute approximate surface area is 202 Å². The van der Waals surface area contributed by atoms with E-state index in [0.717, 1.165) is 5.69 Å². The smallest absolute Gasteiger partial charge is 0.493 e. The fraction of sp³-hybridized carbons (Fsp3) is 0.455. The third kappa shape index (κ3) is 5.57. The predicted octanol–water partition coefficient (Wildman–Crippen LogP) is 1.04. The van der Waals surface area contributed by atoms with Gasteiger partial charge in [-0.25, -0.2) is 0 Å². The number of fused-ring (bicyclic) bond motifs is 1. The van der Waals surface area contributed by atoms with Crippen LogP contribution in [0.5, 0.6) is 11.5 Å². The average molecular weight is 492 g/mol. The van der Waals surface area contributed by atoms with E-state index < -0.39 is 30.3 Å². The molecule has 1 amide bonds. The van der Waals surface area contributed by atoms with Crippen molar-refractivity contribution in [3.63, 3.8) is 0 Å². The van der Waals surface area contributed by atoms with E-state index in [-0.39, 0.29) is 24.0 Å². The number of methoxy groups -OCH3 is 1. The van der Waals surface area contributed by atoms with E-state index >= 15 is 0 Å². The molecule has 1 aromatic carbocycles. The summed E-state index contributed by atoms with van der Waals surface area (Å²) >= 11 is 0. The van der Waals surface area contributed by atoms with Gasteiger partial charge in [0.15, 0.2) is 27.2 Å². The van der Waals surface area contributed by atoms with Crippen LogP contribution in [-0.4, -0.2) is 82.9 Å². The van der Waals surface area contributed by atoms with Crippen LogP contribution in [0, 0.1) is 0 Å². The Morgan fingerprint density at radius 3 is 2.71 bits per heavy atom. The largest absolute Gasteiger partial charge is 0.522 e. The Morgan fingerprint density at radius 1 is 1.23 bits per heavy atom. The van der Waals surface area contributed by atoms with Crippen LogP contribution in [0.1, 0.15) is 22.5 Å². The Kier molecular flexibility index (Phi) is 7.03. The van der Waals surface area contributed by atoms with Gasteiger partial charge in [-0.1, -0.05) is 6.07 Å². The van der Waals surface area contributed by atoms with Gasteiger partial charge in [0.1, 0.15) is 18.3 Å². The molecule has 2 aliphatic heterocycles. The van der Waals surface area contributed by atoms with Crippen LogP contribution in [-0.2, 0) is 19.8 Å². The van der Waals surface area contributed by atoms with Gasteiger partial charge in [0.2, 0.25) is 0 Å². The molecule has 1 aromatic heterocycles. The second-order valence-corrected chi connectivity index (χ2v) is 8.72. The van der Waals surface area contributed by atoms with E-state index in [2.05, 4.69) is 9.72 Å². The van der Waals surface area contributed by atoms with Crippen molar-refractivity contribution >= 4 is 21.6 Å². The molecule has 2 aliphatic rings. The molecule has 2 fully saturated rings. The summed E-state index contributed by atoms with van der Waals surface area (Å²) in [5.41, 5.74) is -0.473. The van der Waals surface area contributed by atoms with Gasteiger partial charge in [0, 0.05) is 24.7 Å². The van der Waals surface area contributed by atoms with E-state index in [4.69, 9.17) is 18.9 Å². The zero-order valence-corrected chi connectivity index (χ0v) is 19.6. The molecule has 0 saturated carbocycles. The summed E-state index contributed by atoms with van der Waals surface area (Å²) in [5, 5.41) is 0. The number of pyridine rings is 1. The molecular weight excluding hydrogens is 467 g/mol. The van der Waals surface area contributed by atoms with Crippen LogP contribution in [0.3, 0.4) is 0 Å². The first-order chi connectivity index (χ1) is 16.5. The van der Waals surface area contributed by atoms with Crippen molar-refractivity contribution in [3.8, 4) is 11.5 Å². The predicted molar refractivity (Wildman–Crippen MR) is 123 cm³/mol. The first kappa shape index (κ1) is 25.3. The average Bonchev–Trinajstić information content (AvgIpc) is 3.11. The first-order valence-electron chi connectivity index (χ1n) is 11.1. The summed E-state index contributed by atoms with van der Waals surface area (Å²) < 4.78 is 63.2. The van der Waals surface area contributed by atoms with E-state index in [1.54, 1.807) is 17.2 Å². The van der Waals surface area contributed by atoms with Gasteiger partial charge in [-0.3, -0.25) is 14.5 Å². The van der Waals surface area contributed by atoms with Gasteiger partial charge in [0.05, 0.1) is 31.5 Å². The molecule has 186 valence electrons. The Hall–Kier alpha value is -2.76. The summed E-state index contributed by atoms with van der Waals surface area (Å²) in [4.78, 5) is 19.5. The van der Waals surface area contributed by atoms with Gasteiger partial charge in [-0.05, 0) is 30.3 Å². The van der Waals surface area contributed by atoms with Crippen LogP contribution < -0.4 is 9.47 Å². The molecule has 0 radical (unpaired) electrons. The van der Waals surface area contributed by atoms with Gasteiger partial charge >= 0.3 is 6.36 Å². The Bertz CT molecular complexity index is 1060. The zero-order chi connectivity index (χ0) is 25.3. The fourth-order valence-corrected chi connectivity index (χ4v) is 4.51. The lowest BCUT2D eigenvalue weighted by Gasteiger charge is -2.41. The number of likely N-dealkylation sites (tertiary alicyclic amines) is 1. The molecule has 2 atom stereocenters. The van der Waals surface area contributed by atoms with Crippen LogP contribution in [0.4, 0.5) is 13.2 Å². The molecule has 0 bridgehead atoms. The summed E-state index contributed by atoms with van der Waals surface area (Å²) in [7, 11) is 5.06. The fourth-order valence-electron chi connectivity index (χ4n) is 4.51. The molecule has 3 heterocycles. The van der Waals surface area contributed by atoms with Gasteiger partial charge in [-0.15, -0.1) is 13.2 Å². The molecular formula is C22H25B2F3N2O6. The van der Waals surface area contributed by atoms with Crippen molar-refractivity contribution in [2.24, 2.45) is 0 Å². The number of piperidine rings is 1. The Morgan fingerprint density at radius 2 is 2.03 bits per heavy atom. The van der Waals surface area contributed by atoms with E-state index in [1.807, 2.05) is 33.9 Å².